The molecule has 0 aliphatic carbocycles. The number of carbonyl (C=O) groups excluding carboxylic acids is 1. The van der Waals surface area contributed by atoms with Gasteiger partial charge in [-0.25, -0.2) is 14.4 Å². The molecule has 8 heteroatoms. The van der Waals surface area contributed by atoms with Gasteiger partial charge in [-0.1, -0.05) is 0 Å². The molecule has 0 saturated carbocycles. The summed E-state index contributed by atoms with van der Waals surface area (Å²) in [6.07, 6.45) is 7.33. The molecule has 0 radical (unpaired) electrons. The molecule has 4 heterocycles. The van der Waals surface area contributed by atoms with Gasteiger partial charge in [0.1, 0.15) is 5.82 Å². The molecule has 166 valence electrons. The van der Waals surface area contributed by atoms with E-state index in [1.54, 1.807) is 24.5 Å². The maximum absolute atomic E-state index is 13.4. The molecule has 0 atom stereocenters. The van der Waals surface area contributed by atoms with Gasteiger partial charge < -0.3 is 9.80 Å². The molecule has 1 amide bonds. The molecule has 2 aliphatic heterocycles. The van der Waals surface area contributed by atoms with Crippen molar-refractivity contribution in [3.63, 3.8) is 0 Å². The predicted molar refractivity (Wildman–Crippen MR) is 119 cm³/mol. The van der Waals surface area contributed by atoms with Gasteiger partial charge in [-0.15, -0.1) is 0 Å². The second-order valence-electron chi connectivity index (χ2n) is 9.06. The Labute approximate surface area is 186 Å². The van der Waals surface area contributed by atoms with Gasteiger partial charge in [0.25, 0.3) is 5.91 Å². The monoisotopic (exact) mass is 434 g/mol. The molecule has 2 aromatic heterocycles. The quantitative estimate of drug-likeness (QED) is 0.630. The zero-order chi connectivity index (χ0) is 22.3. The molecular formula is C24H27FN6O. The number of anilines is 1. The molecule has 1 saturated heterocycles. The van der Waals surface area contributed by atoms with Crippen molar-refractivity contribution in [1.82, 2.24) is 24.6 Å². The van der Waals surface area contributed by atoms with E-state index in [1.807, 2.05) is 15.6 Å². The topological polar surface area (TPSA) is 67.2 Å². The van der Waals surface area contributed by atoms with Crippen molar-refractivity contribution < 1.29 is 9.18 Å². The molecule has 32 heavy (non-hydrogen) atoms. The smallest absolute Gasteiger partial charge is 0.254 e. The number of rotatable bonds is 3. The minimum atomic E-state index is -0.340. The number of halogens is 1. The summed E-state index contributed by atoms with van der Waals surface area (Å²) in [6, 6.07) is 7.87. The fourth-order valence-corrected chi connectivity index (χ4v) is 4.86. The fourth-order valence-electron chi connectivity index (χ4n) is 4.86. The first kappa shape index (κ1) is 20.6. The van der Waals surface area contributed by atoms with Crippen molar-refractivity contribution in [1.29, 1.82) is 0 Å². The van der Waals surface area contributed by atoms with Gasteiger partial charge in [-0.2, -0.15) is 5.10 Å². The number of hydrogen-bond acceptors (Lipinski definition) is 5. The van der Waals surface area contributed by atoms with Crippen LogP contribution in [0.1, 0.15) is 54.3 Å². The van der Waals surface area contributed by atoms with E-state index in [-0.39, 0.29) is 23.2 Å². The summed E-state index contributed by atoms with van der Waals surface area (Å²) >= 11 is 0. The normalized spacial score (nSPS) is 17.6. The van der Waals surface area contributed by atoms with Gasteiger partial charge in [0.15, 0.2) is 0 Å². The Hall–Kier alpha value is -3.29. The van der Waals surface area contributed by atoms with Gasteiger partial charge in [-0.05, 0) is 57.0 Å². The van der Waals surface area contributed by atoms with Crippen LogP contribution in [-0.4, -0.2) is 50.2 Å². The lowest BCUT2D eigenvalue weighted by Crippen LogP contribution is -2.53. The first-order chi connectivity index (χ1) is 15.4. The lowest BCUT2D eigenvalue weighted by molar-refractivity contribution is 0.0643. The minimum Gasteiger partial charge on any atom is -0.341 e. The zero-order valence-corrected chi connectivity index (χ0v) is 18.4. The largest absolute Gasteiger partial charge is 0.341 e. The van der Waals surface area contributed by atoms with Crippen molar-refractivity contribution in [2.75, 3.05) is 24.5 Å². The Balaban J connectivity index is 1.46. The number of carbonyl (C=O) groups is 1. The van der Waals surface area contributed by atoms with E-state index in [0.717, 1.165) is 43.1 Å². The number of piperidine rings is 1. The van der Waals surface area contributed by atoms with Gasteiger partial charge >= 0.3 is 0 Å². The Kier molecular flexibility index (Phi) is 5.15. The Bertz CT molecular complexity index is 1100. The van der Waals surface area contributed by atoms with Crippen LogP contribution in [0.4, 0.5) is 10.3 Å². The average Bonchev–Trinajstić information content (AvgIpc) is 3.26. The second-order valence-corrected chi connectivity index (χ2v) is 9.06. The van der Waals surface area contributed by atoms with E-state index in [4.69, 9.17) is 5.10 Å². The van der Waals surface area contributed by atoms with E-state index >= 15 is 0 Å². The fraction of sp³-hybridized carbons (Fsp3) is 0.417. The standard InChI is InChI=1S/C24H27FN6O/c1-17(2)31-15-19-14-30(22(32)18-4-6-20(25)7-5-18)16-24(21(19)28-31)8-12-29(13-9-24)23-26-10-3-11-27-23/h3-7,10-11,15,17H,8-9,12-14,16H2,1-2H3. The number of amides is 1. The lowest BCUT2D eigenvalue weighted by Gasteiger charge is -2.46. The summed E-state index contributed by atoms with van der Waals surface area (Å²) in [6.45, 7) is 6.96. The van der Waals surface area contributed by atoms with Crippen LogP contribution >= 0.6 is 0 Å². The summed E-state index contributed by atoms with van der Waals surface area (Å²) in [4.78, 5) is 26.2. The van der Waals surface area contributed by atoms with Crippen LogP contribution in [0.3, 0.4) is 0 Å². The molecule has 0 unspecified atom stereocenters. The van der Waals surface area contributed by atoms with Gasteiger partial charge in [0, 0.05) is 67.4 Å². The van der Waals surface area contributed by atoms with Crippen LogP contribution < -0.4 is 4.90 Å². The van der Waals surface area contributed by atoms with E-state index in [1.165, 1.54) is 12.1 Å². The molecule has 2 aliphatic rings. The molecule has 5 rings (SSSR count). The Morgan fingerprint density at radius 3 is 2.44 bits per heavy atom. The average molecular weight is 435 g/mol. The molecular weight excluding hydrogens is 407 g/mol. The number of benzene rings is 1. The van der Waals surface area contributed by atoms with Gasteiger partial charge in [0.2, 0.25) is 5.95 Å². The molecule has 1 fully saturated rings. The number of fused-ring (bicyclic) bond motifs is 2. The summed E-state index contributed by atoms with van der Waals surface area (Å²) in [5.74, 6) is 0.333. The van der Waals surface area contributed by atoms with E-state index < -0.39 is 0 Å². The maximum atomic E-state index is 13.4. The molecule has 0 N–H and O–H groups in total. The van der Waals surface area contributed by atoms with Crippen LogP contribution in [0.2, 0.25) is 0 Å². The van der Waals surface area contributed by atoms with Gasteiger partial charge in [-0.3, -0.25) is 9.48 Å². The Morgan fingerprint density at radius 2 is 1.78 bits per heavy atom. The van der Waals surface area contributed by atoms with Crippen molar-refractivity contribution in [3.8, 4) is 0 Å². The van der Waals surface area contributed by atoms with Crippen LogP contribution in [0, 0.1) is 5.82 Å². The second kappa shape index (κ2) is 8.00. The third-order valence-electron chi connectivity index (χ3n) is 6.63. The highest BCUT2D eigenvalue weighted by Crippen LogP contribution is 2.42. The predicted octanol–water partition coefficient (Wildman–Crippen LogP) is 3.59. The third kappa shape index (κ3) is 3.63. The van der Waals surface area contributed by atoms with Crippen molar-refractivity contribution >= 4 is 11.9 Å². The SMILES string of the molecule is CC(C)n1cc2c(n1)C1(CCN(c3ncccn3)CC1)CN(C(=O)c1ccc(F)cc1)C2. The molecule has 7 nitrogen and oxygen atoms in total. The highest BCUT2D eigenvalue weighted by molar-refractivity contribution is 5.94. The van der Waals surface area contributed by atoms with E-state index in [9.17, 15) is 9.18 Å². The van der Waals surface area contributed by atoms with Gasteiger partial charge in [0.05, 0.1) is 5.69 Å². The Morgan fingerprint density at radius 1 is 1.09 bits per heavy atom. The summed E-state index contributed by atoms with van der Waals surface area (Å²) in [7, 11) is 0. The summed E-state index contributed by atoms with van der Waals surface area (Å²) < 4.78 is 15.4. The minimum absolute atomic E-state index is 0.0684. The van der Waals surface area contributed by atoms with Crippen LogP contribution in [0.15, 0.2) is 48.9 Å². The van der Waals surface area contributed by atoms with Crippen molar-refractivity contribution in [2.45, 2.75) is 44.7 Å². The first-order valence-corrected chi connectivity index (χ1v) is 11.1. The highest BCUT2D eigenvalue weighted by atomic mass is 19.1. The maximum Gasteiger partial charge on any atom is 0.254 e. The van der Waals surface area contributed by atoms with E-state index in [0.29, 0.717) is 18.7 Å². The van der Waals surface area contributed by atoms with Crippen LogP contribution in [-0.2, 0) is 12.0 Å². The van der Waals surface area contributed by atoms with Crippen LogP contribution in [0.5, 0.6) is 0 Å². The number of aromatic nitrogens is 4. The van der Waals surface area contributed by atoms with E-state index in [2.05, 4.69) is 34.9 Å². The highest BCUT2D eigenvalue weighted by Gasteiger charge is 2.46. The summed E-state index contributed by atoms with van der Waals surface area (Å²) in [5, 5.41) is 4.98. The number of hydrogen-bond donors (Lipinski definition) is 0. The molecule has 1 aromatic carbocycles. The summed E-state index contributed by atoms with van der Waals surface area (Å²) in [5.41, 5.74) is 2.51. The lowest BCUT2D eigenvalue weighted by atomic mass is 9.72. The zero-order valence-electron chi connectivity index (χ0n) is 18.4. The molecule has 0 bridgehead atoms. The van der Waals surface area contributed by atoms with Crippen LogP contribution in [0.25, 0.3) is 0 Å². The number of nitrogens with zero attached hydrogens (tertiary/aromatic N) is 6. The molecule has 1 spiro atoms. The first-order valence-electron chi connectivity index (χ1n) is 11.1. The third-order valence-corrected chi connectivity index (χ3v) is 6.63. The van der Waals surface area contributed by atoms with Crippen molar-refractivity contribution in [3.05, 3.63) is 71.6 Å². The molecule has 3 aromatic rings. The van der Waals surface area contributed by atoms with Crippen molar-refractivity contribution in [2.24, 2.45) is 0 Å².